The second kappa shape index (κ2) is 9.51. The van der Waals surface area contributed by atoms with Crippen LogP contribution in [0, 0.1) is 0 Å². The van der Waals surface area contributed by atoms with Crippen molar-refractivity contribution in [1.29, 1.82) is 0 Å². The quantitative estimate of drug-likeness (QED) is 0.511. The largest absolute Gasteiger partial charge is 0.323 e. The Bertz CT molecular complexity index is 1150. The van der Waals surface area contributed by atoms with E-state index in [9.17, 15) is 13.2 Å². The summed E-state index contributed by atoms with van der Waals surface area (Å²) in [5, 5.41) is 3.36. The number of hydrogen-bond donors (Lipinski definition) is 1. The number of rotatable bonds is 7. The van der Waals surface area contributed by atoms with Crippen LogP contribution in [0.5, 0.6) is 0 Å². The van der Waals surface area contributed by atoms with Gasteiger partial charge >= 0.3 is 0 Å². The minimum Gasteiger partial charge on any atom is -0.323 e. The molecule has 3 rings (SSSR count). The van der Waals surface area contributed by atoms with Crippen LogP contribution in [0.3, 0.4) is 0 Å². The molecule has 0 aliphatic rings. The van der Waals surface area contributed by atoms with Crippen LogP contribution in [0.25, 0.3) is 0 Å². The maximum Gasteiger partial charge on any atom is 0.264 e. The van der Waals surface area contributed by atoms with Gasteiger partial charge in [0.05, 0.1) is 21.3 Å². The molecule has 0 saturated heterocycles. The Morgan fingerprint density at radius 3 is 2.33 bits per heavy atom. The molecule has 0 bridgehead atoms. The first-order valence-electron chi connectivity index (χ1n) is 9.23. The van der Waals surface area contributed by atoms with Crippen molar-refractivity contribution in [1.82, 2.24) is 0 Å². The molecule has 156 valence electrons. The summed E-state index contributed by atoms with van der Waals surface area (Å²) in [6.07, 6.45) is 0.610. The van der Waals surface area contributed by atoms with Crippen LogP contribution in [-0.2, 0) is 21.2 Å². The van der Waals surface area contributed by atoms with Crippen LogP contribution >= 0.6 is 23.2 Å². The van der Waals surface area contributed by atoms with E-state index in [0.29, 0.717) is 27.8 Å². The molecule has 0 radical (unpaired) electrons. The number of sulfonamides is 1. The van der Waals surface area contributed by atoms with E-state index in [1.54, 1.807) is 42.5 Å². The van der Waals surface area contributed by atoms with Crippen LogP contribution in [0.2, 0.25) is 10.0 Å². The predicted molar refractivity (Wildman–Crippen MR) is 122 cm³/mol. The standard InChI is InChI=1S/C22H20Cl2N2O3S/c1-2-16-8-6-7-11-21(16)26(30(28,29)18-9-4-3-5-10-18)15-22(27)25-20-14-17(23)12-13-19(20)24/h3-14H,2,15H2,1H3,(H,25,27). The Kier molecular flexibility index (Phi) is 7.02. The minimum atomic E-state index is -3.98. The summed E-state index contributed by atoms with van der Waals surface area (Å²) in [5.41, 5.74) is 1.58. The predicted octanol–water partition coefficient (Wildman–Crippen LogP) is 5.39. The molecule has 0 aromatic heterocycles. The normalized spacial score (nSPS) is 11.2. The average molecular weight is 463 g/mol. The molecule has 5 nitrogen and oxygen atoms in total. The number of carbonyl (C=O) groups excluding carboxylic acids is 1. The van der Waals surface area contributed by atoms with Gasteiger partial charge in [0.2, 0.25) is 5.91 Å². The van der Waals surface area contributed by atoms with Gasteiger partial charge in [-0.1, -0.05) is 66.5 Å². The molecular formula is C22H20Cl2N2O3S. The van der Waals surface area contributed by atoms with E-state index >= 15 is 0 Å². The van der Waals surface area contributed by atoms with Gasteiger partial charge in [-0.25, -0.2) is 8.42 Å². The molecule has 0 unspecified atom stereocenters. The summed E-state index contributed by atoms with van der Waals surface area (Å²) in [4.78, 5) is 12.9. The van der Waals surface area contributed by atoms with Gasteiger partial charge in [-0.15, -0.1) is 0 Å². The Balaban J connectivity index is 2.00. The molecule has 1 N–H and O–H groups in total. The highest BCUT2D eigenvalue weighted by Crippen LogP contribution is 2.29. The topological polar surface area (TPSA) is 66.5 Å². The number of benzene rings is 3. The fraction of sp³-hybridized carbons (Fsp3) is 0.136. The highest BCUT2D eigenvalue weighted by Gasteiger charge is 2.28. The van der Waals surface area contributed by atoms with E-state index in [2.05, 4.69) is 5.32 Å². The first-order chi connectivity index (χ1) is 14.3. The van der Waals surface area contributed by atoms with Crippen LogP contribution in [0.15, 0.2) is 77.7 Å². The van der Waals surface area contributed by atoms with E-state index in [-0.39, 0.29) is 4.90 Å². The van der Waals surface area contributed by atoms with Gasteiger partial charge in [-0.05, 0) is 48.4 Å². The highest BCUT2D eigenvalue weighted by molar-refractivity contribution is 7.92. The maximum atomic E-state index is 13.4. The van der Waals surface area contributed by atoms with Gasteiger partial charge in [0.15, 0.2) is 0 Å². The third-order valence-electron chi connectivity index (χ3n) is 4.46. The third kappa shape index (κ3) is 4.95. The van der Waals surface area contributed by atoms with Crippen molar-refractivity contribution in [3.63, 3.8) is 0 Å². The molecule has 1 amide bonds. The number of aryl methyl sites for hydroxylation is 1. The minimum absolute atomic E-state index is 0.101. The first-order valence-corrected chi connectivity index (χ1v) is 11.4. The van der Waals surface area contributed by atoms with Crippen molar-refractivity contribution >= 4 is 50.5 Å². The lowest BCUT2D eigenvalue weighted by molar-refractivity contribution is -0.114. The number of nitrogens with one attached hydrogen (secondary N) is 1. The molecule has 8 heteroatoms. The fourth-order valence-corrected chi connectivity index (χ4v) is 4.80. The lowest BCUT2D eigenvalue weighted by Gasteiger charge is -2.26. The van der Waals surface area contributed by atoms with Crippen molar-refractivity contribution in [2.75, 3.05) is 16.2 Å². The zero-order chi connectivity index (χ0) is 21.7. The van der Waals surface area contributed by atoms with Gasteiger partial charge in [0, 0.05) is 5.02 Å². The SMILES string of the molecule is CCc1ccccc1N(CC(=O)Nc1cc(Cl)ccc1Cl)S(=O)(=O)c1ccccc1. The first kappa shape index (κ1) is 22.2. The van der Waals surface area contributed by atoms with Gasteiger partial charge < -0.3 is 5.32 Å². The summed E-state index contributed by atoms with van der Waals surface area (Å²) >= 11 is 12.1. The second-order valence-electron chi connectivity index (χ2n) is 6.48. The molecule has 0 fully saturated rings. The summed E-state index contributed by atoms with van der Waals surface area (Å²) in [6.45, 7) is 1.51. The van der Waals surface area contributed by atoms with E-state index in [1.165, 1.54) is 18.2 Å². The van der Waals surface area contributed by atoms with Gasteiger partial charge in [0.25, 0.3) is 10.0 Å². The zero-order valence-electron chi connectivity index (χ0n) is 16.2. The molecule has 0 atom stereocenters. The molecule has 0 heterocycles. The van der Waals surface area contributed by atoms with E-state index in [0.717, 1.165) is 9.87 Å². The molecule has 0 spiro atoms. The Morgan fingerprint density at radius 1 is 0.967 bits per heavy atom. The number of nitrogens with zero attached hydrogens (tertiary/aromatic N) is 1. The maximum absolute atomic E-state index is 13.4. The van der Waals surface area contributed by atoms with E-state index < -0.39 is 22.5 Å². The third-order valence-corrected chi connectivity index (χ3v) is 6.80. The molecule has 0 aliphatic carbocycles. The zero-order valence-corrected chi connectivity index (χ0v) is 18.5. The Labute approximate surface area is 186 Å². The number of hydrogen-bond acceptors (Lipinski definition) is 3. The summed E-state index contributed by atoms with van der Waals surface area (Å²) in [6, 6.07) is 19.8. The Morgan fingerprint density at radius 2 is 1.63 bits per heavy atom. The van der Waals surface area contributed by atoms with Crippen LogP contribution in [0.4, 0.5) is 11.4 Å². The van der Waals surface area contributed by atoms with Crippen molar-refractivity contribution < 1.29 is 13.2 Å². The average Bonchev–Trinajstić information content (AvgIpc) is 2.75. The van der Waals surface area contributed by atoms with Gasteiger partial charge in [0.1, 0.15) is 6.54 Å². The number of anilines is 2. The van der Waals surface area contributed by atoms with Crippen LogP contribution in [0.1, 0.15) is 12.5 Å². The molecule has 0 saturated carbocycles. The molecule has 3 aromatic carbocycles. The number of halogens is 2. The van der Waals surface area contributed by atoms with Gasteiger partial charge in [-0.3, -0.25) is 9.10 Å². The fourth-order valence-electron chi connectivity index (χ4n) is 2.99. The van der Waals surface area contributed by atoms with Crippen molar-refractivity contribution in [2.45, 2.75) is 18.2 Å². The summed E-state index contributed by atoms with van der Waals surface area (Å²) in [7, 11) is -3.98. The second-order valence-corrected chi connectivity index (χ2v) is 9.19. The number of carbonyl (C=O) groups is 1. The van der Waals surface area contributed by atoms with Crippen molar-refractivity contribution in [2.24, 2.45) is 0 Å². The van der Waals surface area contributed by atoms with E-state index in [1.807, 2.05) is 19.1 Å². The van der Waals surface area contributed by atoms with Crippen LogP contribution < -0.4 is 9.62 Å². The lowest BCUT2D eigenvalue weighted by atomic mass is 10.1. The monoisotopic (exact) mass is 462 g/mol. The number of para-hydroxylation sites is 1. The summed E-state index contributed by atoms with van der Waals surface area (Å²) in [5.74, 6) is -0.537. The highest BCUT2D eigenvalue weighted by atomic mass is 35.5. The number of amides is 1. The molecule has 0 aliphatic heterocycles. The van der Waals surface area contributed by atoms with Gasteiger partial charge in [-0.2, -0.15) is 0 Å². The Hall–Kier alpha value is -2.54. The molecule has 30 heavy (non-hydrogen) atoms. The van der Waals surface area contributed by atoms with Crippen molar-refractivity contribution in [3.8, 4) is 0 Å². The molecule has 3 aromatic rings. The van der Waals surface area contributed by atoms with E-state index in [4.69, 9.17) is 23.2 Å². The lowest BCUT2D eigenvalue weighted by Crippen LogP contribution is -2.38. The smallest absolute Gasteiger partial charge is 0.264 e. The van der Waals surface area contributed by atoms with Crippen LogP contribution in [-0.4, -0.2) is 20.9 Å². The van der Waals surface area contributed by atoms with Crippen molar-refractivity contribution in [3.05, 3.63) is 88.4 Å². The summed E-state index contributed by atoms with van der Waals surface area (Å²) < 4.78 is 27.9. The molecular weight excluding hydrogens is 443 g/mol.